The van der Waals surface area contributed by atoms with Gasteiger partial charge in [0.25, 0.3) is 0 Å². The minimum atomic E-state index is -0.232. The molecule has 178 valence electrons. The van der Waals surface area contributed by atoms with Crippen molar-refractivity contribution in [2.45, 2.75) is 90.5 Å². The summed E-state index contributed by atoms with van der Waals surface area (Å²) in [5.74, 6) is 2.50. The zero-order chi connectivity index (χ0) is 23.8. The predicted octanol–water partition coefficient (Wildman–Crippen LogP) is 7.74. The van der Waals surface area contributed by atoms with Gasteiger partial charge in [-0.05, 0) is 24.6 Å². The molecule has 3 aromatic rings. The van der Waals surface area contributed by atoms with E-state index in [1.54, 1.807) is 0 Å². The number of benzene rings is 2. The van der Waals surface area contributed by atoms with Gasteiger partial charge in [0.2, 0.25) is 0 Å². The zero-order valence-electron chi connectivity index (χ0n) is 20.4. The van der Waals surface area contributed by atoms with Crippen LogP contribution in [0, 0.1) is 12.3 Å². The maximum Gasteiger partial charge on any atom is 0.335 e. The number of carbonyl (C=O) groups excluding carboxylic acids is 1. The van der Waals surface area contributed by atoms with E-state index >= 15 is 0 Å². The van der Waals surface area contributed by atoms with Crippen LogP contribution in [0.1, 0.15) is 95.1 Å². The minimum Gasteiger partial charge on any atom is -0.340 e. The molecule has 34 heavy (non-hydrogen) atoms. The van der Waals surface area contributed by atoms with Gasteiger partial charge in [0.15, 0.2) is 0 Å². The van der Waals surface area contributed by atoms with Crippen LogP contribution in [0.5, 0.6) is 0 Å². The van der Waals surface area contributed by atoms with Gasteiger partial charge in [-0.15, -0.1) is 6.42 Å². The Labute approximate surface area is 203 Å². The normalized spacial score (nSPS) is 14.1. The molecule has 4 heteroatoms. The number of terminal acetylenes is 1. The quantitative estimate of drug-likeness (QED) is 0.121. The van der Waals surface area contributed by atoms with Crippen molar-refractivity contribution in [2.75, 3.05) is 0 Å². The molecule has 0 fully saturated rings. The van der Waals surface area contributed by atoms with Crippen LogP contribution in [0.3, 0.4) is 0 Å². The first-order valence-corrected chi connectivity index (χ1v) is 13.0. The molecule has 0 saturated carbocycles. The second-order valence-corrected chi connectivity index (χ2v) is 9.41. The lowest BCUT2D eigenvalue weighted by atomic mass is 10.0. The SMILES string of the molecule is C#Cc1ccc2c(c1)c1cccc3c1n2CC/C3=N\OC(=O)CCCCCCCCCCCC. The molecule has 0 saturated heterocycles. The second-order valence-electron chi connectivity index (χ2n) is 9.41. The number of hydrogen-bond acceptors (Lipinski definition) is 3. The number of hydrogen-bond donors (Lipinski definition) is 0. The standard InChI is InChI=1S/C30H36N2O2/c1-3-5-6-7-8-9-10-11-12-13-17-29(33)34-31-27-20-21-32-28-19-18-23(4-2)22-26(28)24-15-14-16-25(27)30(24)32/h2,14-16,18-19,22H,3,5-13,17,20-21H2,1H3/b31-27+. The summed E-state index contributed by atoms with van der Waals surface area (Å²) in [5.41, 5.74) is 5.08. The average Bonchev–Trinajstić information content (AvgIpc) is 3.19. The van der Waals surface area contributed by atoms with E-state index in [4.69, 9.17) is 11.3 Å². The lowest BCUT2D eigenvalue weighted by Crippen LogP contribution is -2.16. The lowest BCUT2D eigenvalue weighted by Gasteiger charge is -2.17. The molecule has 1 aliphatic rings. The van der Waals surface area contributed by atoms with Crippen LogP contribution in [-0.4, -0.2) is 16.2 Å². The fourth-order valence-corrected chi connectivity index (χ4v) is 5.07. The van der Waals surface area contributed by atoms with Crippen LogP contribution in [0.2, 0.25) is 0 Å². The van der Waals surface area contributed by atoms with Crippen molar-refractivity contribution in [3.05, 3.63) is 47.5 Å². The highest BCUT2D eigenvalue weighted by Gasteiger charge is 2.22. The van der Waals surface area contributed by atoms with Gasteiger partial charge in [0.05, 0.1) is 11.2 Å². The Bertz CT molecular complexity index is 1210. The maximum absolute atomic E-state index is 12.3. The maximum atomic E-state index is 12.3. The molecular formula is C30H36N2O2. The van der Waals surface area contributed by atoms with Gasteiger partial charge < -0.3 is 9.40 Å². The van der Waals surface area contributed by atoms with Crippen molar-refractivity contribution >= 4 is 33.5 Å². The van der Waals surface area contributed by atoms with Crippen molar-refractivity contribution < 1.29 is 9.63 Å². The molecule has 0 spiro atoms. The molecule has 4 rings (SSSR count). The number of aromatic nitrogens is 1. The Morgan fingerprint density at radius 1 is 1.00 bits per heavy atom. The lowest BCUT2D eigenvalue weighted by molar-refractivity contribution is -0.143. The Morgan fingerprint density at radius 2 is 1.74 bits per heavy atom. The third kappa shape index (κ3) is 5.53. The molecule has 0 atom stereocenters. The fraction of sp³-hybridized carbons (Fsp3) is 0.467. The number of oxime groups is 1. The number of carbonyl (C=O) groups is 1. The number of nitrogens with zero attached hydrogens (tertiary/aromatic N) is 2. The zero-order valence-corrected chi connectivity index (χ0v) is 20.4. The minimum absolute atomic E-state index is 0.232. The number of unbranched alkanes of at least 4 members (excludes halogenated alkanes) is 9. The van der Waals surface area contributed by atoms with Crippen molar-refractivity contribution in [1.82, 2.24) is 4.57 Å². The molecule has 4 nitrogen and oxygen atoms in total. The number of fused-ring (bicyclic) bond motifs is 3. The highest BCUT2D eigenvalue weighted by Crippen LogP contribution is 2.35. The molecule has 1 aliphatic heterocycles. The first-order chi connectivity index (χ1) is 16.7. The van der Waals surface area contributed by atoms with Gasteiger partial charge in [-0.3, -0.25) is 0 Å². The van der Waals surface area contributed by atoms with E-state index < -0.39 is 0 Å². The van der Waals surface area contributed by atoms with E-state index in [0.29, 0.717) is 6.42 Å². The van der Waals surface area contributed by atoms with Gasteiger partial charge in [0, 0.05) is 46.8 Å². The van der Waals surface area contributed by atoms with Crippen LogP contribution in [-0.2, 0) is 16.2 Å². The Morgan fingerprint density at radius 3 is 2.47 bits per heavy atom. The van der Waals surface area contributed by atoms with E-state index in [1.807, 2.05) is 12.1 Å². The first-order valence-electron chi connectivity index (χ1n) is 13.0. The molecule has 2 heterocycles. The van der Waals surface area contributed by atoms with E-state index in [-0.39, 0.29) is 5.97 Å². The number of para-hydroxylation sites is 1. The molecule has 0 aliphatic carbocycles. The predicted molar refractivity (Wildman–Crippen MR) is 141 cm³/mol. The highest BCUT2D eigenvalue weighted by atomic mass is 16.7. The van der Waals surface area contributed by atoms with Crippen LogP contribution >= 0.6 is 0 Å². The summed E-state index contributed by atoms with van der Waals surface area (Å²) < 4.78 is 2.32. The van der Waals surface area contributed by atoms with Gasteiger partial charge in [0.1, 0.15) is 0 Å². The molecule has 0 radical (unpaired) electrons. The van der Waals surface area contributed by atoms with Crippen LogP contribution in [0.4, 0.5) is 0 Å². The van der Waals surface area contributed by atoms with Crippen molar-refractivity contribution in [2.24, 2.45) is 5.16 Å². The van der Waals surface area contributed by atoms with Gasteiger partial charge in [-0.2, -0.15) is 0 Å². The summed E-state index contributed by atoms with van der Waals surface area (Å²) in [4.78, 5) is 17.6. The van der Waals surface area contributed by atoms with E-state index in [2.05, 4.69) is 46.8 Å². The van der Waals surface area contributed by atoms with Crippen molar-refractivity contribution in [3.8, 4) is 12.3 Å². The summed E-state index contributed by atoms with van der Waals surface area (Å²) in [5, 5.41) is 6.62. The summed E-state index contributed by atoms with van der Waals surface area (Å²) in [7, 11) is 0. The monoisotopic (exact) mass is 456 g/mol. The summed E-state index contributed by atoms with van der Waals surface area (Å²) >= 11 is 0. The van der Waals surface area contributed by atoms with Crippen molar-refractivity contribution in [3.63, 3.8) is 0 Å². The van der Waals surface area contributed by atoms with Crippen molar-refractivity contribution in [1.29, 1.82) is 0 Å². The number of aryl methyl sites for hydroxylation is 1. The molecule has 0 amide bonds. The molecule has 0 N–H and O–H groups in total. The van der Waals surface area contributed by atoms with Crippen LogP contribution in [0.15, 0.2) is 41.6 Å². The average molecular weight is 457 g/mol. The molecule has 0 bridgehead atoms. The van der Waals surface area contributed by atoms with E-state index in [0.717, 1.165) is 58.9 Å². The Balaban J connectivity index is 1.30. The van der Waals surface area contributed by atoms with Crippen LogP contribution < -0.4 is 0 Å². The molecule has 2 aromatic carbocycles. The summed E-state index contributed by atoms with van der Waals surface area (Å²) in [6.45, 7) is 3.06. The fourth-order valence-electron chi connectivity index (χ4n) is 5.07. The van der Waals surface area contributed by atoms with E-state index in [9.17, 15) is 4.79 Å². The van der Waals surface area contributed by atoms with Gasteiger partial charge in [-0.25, -0.2) is 4.79 Å². The number of rotatable bonds is 12. The third-order valence-electron chi connectivity index (χ3n) is 6.93. The molecule has 0 unspecified atom stereocenters. The Hall–Kier alpha value is -3.06. The van der Waals surface area contributed by atoms with Gasteiger partial charge in [-0.1, -0.05) is 94.0 Å². The molecule has 1 aromatic heterocycles. The second kappa shape index (κ2) is 11.9. The van der Waals surface area contributed by atoms with E-state index in [1.165, 1.54) is 56.9 Å². The molecular weight excluding hydrogens is 420 g/mol. The smallest absolute Gasteiger partial charge is 0.335 e. The highest BCUT2D eigenvalue weighted by molar-refractivity contribution is 6.18. The third-order valence-corrected chi connectivity index (χ3v) is 6.93. The van der Waals surface area contributed by atoms with Gasteiger partial charge >= 0.3 is 5.97 Å². The summed E-state index contributed by atoms with van der Waals surface area (Å²) in [6.07, 6.45) is 19.3. The topological polar surface area (TPSA) is 43.6 Å². The largest absolute Gasteiger partial charge is 0.340 e. The summed E-state index contributed by atoms with van der Waals surface area (Å²) in [6, 6.07) is 12.4. The first kappa shape index (κ1) is 24.1. The Kier molecular flexibility index (Phi) is 8.41. The van der Waals surface area contributed by atoms with Crippen LogP contribution in [0.25, 0.3) is 21.8 Å².